The molecular formula is C6H16OSSi. The molecule has 3 heteroatoms. The summed E-state index contributed by atoms with van der Waals surface area (Å²) in [7, 11) is -1.37. The molecule has 0 rings (SSSR count). The summed E-state index contributed by atoms with van der Waals surface area (Å²) >= 11 is 4.26. The summed E-state index contributed by atoms with van der Waals surface area (Å²) in [5, 5.41) is 0. The highest BCUT2D eigenvalue weighted by atomic mass is 32.1. The summed E-state index contributed by atoms with van der Waals surface area (Å²) in [5.41, 5.74) is 0. The van der Waals surface area contributed by atoms with Gasteiger partial charge in [0.25, 0.3) is 0 Å². The molecule has 9 heavy (non-hydrogen) atoms. The molecule has 0 aromatic carbocycles. The van der Waals surface area contributed by atoms with Crippen LogP contribution < -0.4 is 0 Å². The molecule has 0 heterocycles. The van der Waals surface area contributed by atoms with Crippen molar-refractivity contribution in [2.24, 2.45) is 0 Å². The van der Waals surface area contributed by atoms with Crippen LogP contribution in [0, 0.1) is 0 Å². The van der Waals surface area contributed by atoms with Gasteiger partial charge in [-0.2, -0.15) is 0 Å². The molecule has 0 radical (unpaired) electrons. The third-order valence-corrected chi connectivity index (χ3v) is 1.94. The van der Waals surface area contributed by atoms with Crippen LogP contribution in [0.2, 0.25) is 19.6 Å². The monoisotopic (exact) mass is 164 g/mol. The van der Waals surface area contributed by atoms with Gasteiger partial charge in [-0.05, 0) is 33.5 Å². The third kappa shape index (κ3) is 8.53. The minimum atomic E-state index is -1.37. The third-order valence-electron chi connectivity index (χ3n) is 0.556. The van der Waals surface area contributed by atoms with Gasteiger partial charge in [-0.15, -0.1) is 12.6 Å². The van der Waals surface area contributed by atoms with Crippen LogP contribution in [0.15, 0.2) is 0 Å². The largest absolute Gasteiger partial charge is 0.404 e. The molecule has 0 aliphatic carbocycles. The Morgan fingerprint density at radius 2 is 1.56 bits per heavy atom. The van der Waals surface area contributed by atoms with Crippen molar-refractivity contribution in [2.75, 3.05) is 0 Å². The van der Waals surface area contributed by atoms with Crippen LogP contribution in [0.4, 0.5) is 0 Å². The topological polar surface area (TPSA) is 9.23 Å². The van der Waals surface area contributed by atoms with Crippen molar-refractivity contribution in [1.82, 2.24) is 0 Å². The highest BCUT2D eigenvalue weighted by Gasteiger charge is 2.23. The van der Waals surface area contributed by atoms with Crippen LogP contribution in [0.25, 0.3) is 0 Å². The quantitative estimate of drug-likeness (QED) is 0.375. The molecular weight excluding hydrogens is 148 g/mol. The summed E-state index contributed by atoms with van der Waals surface area (Å²) < 4.78 is 5.63. The van der Waals surface area contributed by atoms with Gasteiger partial charge in [-0.1, -0.05) is 0 Å². The molecule has 0 amide bonds. The van der Waals surface area contributed by atoms with Crippen LogP contribution in [-0.4, -0.2) is 13.3 Å². The second kappa shape index (κ2) is 2.64. The Morgan fingerprint density at radius 3 is 1.56 bits per heavy atom. The van der Waals surface area contributed by atoms with E-state index < -0.39 is 8.32 Å². The summed E-state index contributed by atoms with van der Waals surface area (Å²) in [6, 6.07) is 0. The molecule has 0 aromatic heterocycles. The fourth-order valence-electron chi connectivity index (χ4n) is 0.749. The molecule has 0 atom stereocenters. The molecule has 1 nitrogen and oxygen atoms in total. The summed E-state index contributed by atoms with van der Waals surface area (Å²) in [4.78, 5) is -0.259. The molecule has 0 saturated carbocycles. The first-order valence-corrected chi connectivity index (χ1v) is 6.99. The number of thiol groups is 1. The van der Waals surface area contributed by atoms with Gasteiger partial charge < -0.3 is 4.43 Å². The van der Waals surface area contributed by atoms with Gasteiger partial charge in [-0.25, -0.2) is 0 Å². The maximum atomic E-state index is 5.63. The van der Waals surface area contributed by atoms with Gasteiger partial charge in [0.1, 0.15) is 0 Å². The van der Waals surface area contributed by atoms with E-state index >= 15 is 0 Å². The maximum Gasteiger partial charge on any atom is 0.185 e. The van der Waals surface area contributed by atoms with E-state index in [2.05, 4.69) is 32.3 Å². The van der Waals surface area contributed by atoms with Crippen molar-refractivity contribution in [2.45, 2.75) is 38.4 Å². The van der Waals surface area contributed by atoms with E-state index in [1.807, 2.05) is 13.8 Å². The molecule has 0 saturated heterocycles. The number of hydrogen-bond acceptors (Lipinski definition) is 2. The van der Waals surface area contributed by atoms with E-state index in [0.717, 1.165) is 0 Å². The summed E-state index contributed by atoms with van der Waals surface area (Å²) in [6.07, 6.45) is 0. The molecule has 0 aromatic rings. The average molecular weight is 164 g/mol. The highest BCUT2D eigenvalue weighted by molar-refractivity contribution is 7.81. The minimum absolute atomic E-state index is 0.259. The van der Waals surface area contributed by atoms with Crippen LogP contribution >= 0.6 is 12.6 Å². The summed E-state index contributed by atoms with van der Waals surface area (Å²) in [5.74, 6) is 0. The van der Waals surface area contributed by atoms with Gasteiger partial charge in [0.15, 0.2) is 8.32 Å². The van der Waals surface area contributed by atoms with Crippen molar-refractivity contribution < 1.29 is 4.43 Å². The number of hydrogen-bond donors (Lipinski definition) is 1. The van der Waals surface area contributed by atoms with Crippen LogP contribution in [-0.2, 0) is 4.43 Å². The predicted molar refractivity (Wildman–Crippen MR) is 47.5 cm³/mol. The molecule has 0 fully saturated rings. The first kappa shape index (κ1) is 9.53. The fourth-order valence-corrected chi connectivity index (χ4v) is 3.07. The standard InChI is InChI=1S/C6H16OSSi/c1-6(2,8)7-9(3,4)5/h8H,1-5H3. The van der Waals surface area contributed by atoms with E-state index in [1.54, 1.807) is 0 Å². The molecule has 0 N–H and O–H groups in total. The predicted octanol–water partition coefficient (Wildman–Crippen LogP) is 2.50. The average Bonchev–Trinajstić information content (AvgIpc) is 1.14. The normalized spacial score (nSPS) is 14.0. The first-order chi connectivity index (χ1) is 3.71. The second-order valence-corrected chi connectivity index (χ2v) is 9.17. The van der Waals surface area contributed by atoms with E-state index in [4.69, 9.17) is 4.43 Å². The maximum absolute atomic E-state index is 5.63. The molecule has 56 valence electrons. The van der Waals surface area contributed by atoms with Crippen LogP contribution in [0.5, 0.6) is 0 Å². The molecule has 0 spiro atoms. The zero-order valence-corrected chi connectivity index (χ0v) is 8.75. The van der Waals surface area contributed by atoms with E-state index in [9.17, 15) is 0 Å². The molecule has 0 aliphatic rings. The lowest BCUT2D eigenvalue weighted by molar-refractivity contribution is 0.202. The smallest absolute Gasteiger partial charge is 0.185 e. The van der Waals surface area contributed by atoms with E-state index in [0.29, 0.717) is 0 Å². The van der Waals surface area contributed by atoms with Crippen molar-refractivity contribution in [3.8, 4) is 0 Å². The Labute approximate surface area is 64.3 Å². The zero-order valence-electron chi connectivity index (χ0n) is 6.86. The lowest BCUT2D eigenvalue weighted by atomic mass is 10.5. The minimum Gasteiger partial charge on any atom is -0.404 e. The van der Waals surface area contributed by atoms with Crippen molar-refractivity contribution in [3.05, 3.63) is 0 Å². The Balaban J connectivity index is 3.75. The fraction of sp³-hybridized carbons (Fsp3) is 1.00. The zero-order chi connectivity index (χ0) is 7.71. The SMILES string of the molecule is CC(C)(S)O[Si](C)(C)C. The Bertz CT molecular complexity index is 78.2. The van der Waals surface area contributed by atoms with Crippen molar-refractivity contribution in [3.63, 3.8) is 0 Å². The second-order valence-electron chi connectivity index (χ2n) is 3.66. The highest BCUT2D eigenvalue weighted by Crippen LogP contribution is 2.19. The molecule has 0 unspecified atom stereocenters. The van der Waals surface area contributed by atoms with Crippen molar-refractivity contribution in [1.29, 1.82) is 0 Å². The van der Waals surface area contributed by atoms with Crippen LogP contribution in [0.1, 0.15) is 13.8 Å². The lowest BCUT2D eigenvalue weighted by Crippen LogP contribution is -2.34. The lowest BCUT2D eigenvalue weighted by Gasteiger charge is -2.28. The van der Waals surface area contributed by atoms with E-state index in [-0.39, 0.29) is 4.93 Å². The Morgan fingerprint density at radius 1 is 1.22 bits per heavy atom. The molecule has 0 aliphatic heterocycles. The molecule has 0 bridgehead atoms. The Kier molecular flexibility index (Phi) is 2.79. The summed E-state index contributed by atoms with van der Waals surface area (Å²) in [6.45, 7) is 10.4. The number of rotatable bonds is 2. The van der Waals surface area contributed by atoms with Crippen LogP contribution in [0.3, 0.4) is 0 Å². The van der Waals surface area contributed by atoms with Gasteiger partial charge in [0.05, 0.1) is 4.93 Å². The Hall–Kier alpha value is 0.527. The van der Waals surface area contributed by atoms with Gasteiger partial charge in [0, 0.05) is 0 Å². The van der Waals surface area contributed by atoms with Gasteiger partial charge in [-0.3, -0.25) is 0 Å². The van der Waals surface area contributed by atoms with E-state index in [1.165, 1.54) is 0 Å². The van der Waals surface area contributed by atoms with Gasteiger partial charge >= 0.3 is 0 Å². The first-order valence-electron chi connectivity index (χ1n) is 3.13. The van der Waals surface area contributed by atoms with Gasteiger partial charge in [0.2, 0.25) is 0 Å². The van der Waals surface area contributed by atoms with Crippen molar-refractivity contribution >= 4 is 20.9 Å².